The number of rotatable bonds is 13. The molecule has 0 aliphatic carbocycles. The average Bonchev–Trinajstić information content (AvgIpc) is 3.43. The molecule has 3 aromatic carbocycles. The van der Waals surface area contributed by atoms with Crippen LogP contribution < -0.4 is 0 Å². The van der Waals surface area contributed by atoms with E-state index in [0.717, 1.165) is 16.7 Å². The highest BCUT2D eigenvalue weighted by atomic mass is 32.2. The van der Waals surface area contributed by atoms with Gasteiger partial charge in [0.15, 0.2) is 0 Å². The largest absolute Gasteiger partial charge is 0.481 e. The van der Waals surface area contributed by atoms with Crippen molar-refractivity contribution in [2.24, 2.45) is 5.41 Å². The number of sulfonamides is 1. The van der Waals surface area contributed by atoms with Crippen molar-refractivity contribution in [3.63, 3.8) is 0 Å². The van der Waals surface area contributed by atoms with Crippen LogP contribution in [-0.2, 0) is 45.8 Å². The lowest BCUT2D eigenvalue weighted by molar-refractivity contribution is -0.158. The van der Waals surface area contributed by atoms with Crippen LogP contribution in [0.5, 0.6) is 0 Å². The Labute approximate surface area is 241 Å². The van der Waals surface area contributed by atoms with Gasteiger partial charge in [-0.15, -0.1) is 5.10 Å². The number of aliphatic carboxylic acids is 1. The molecule has 1 N–H and O–H groups in total. The van der Waals surface area contributed by atoms with Crippen molar-refractivity contribution in [1.29, 1.82) is 0 Å². The lowest BCUT2D eigenvalue weighted by Crippen LogP contribution is -2.33. The highest BCUT2D eigenvalue weighted by Crippen LogP contribution is 2.38. The summed E-state index contributed by atoms with van der Waals surface area (Å²) in [5.41, 5.74) is 2.44. The van der Waals surface area contributed by atoms with E-state index in [-0.39, 0.29) is 24.6 Å². The van der Waals surface area contributed by atoms with E-state index in [1.165, 1.54) is 4.31 Å². The second-order valence-corrected chi connectivity index (χ2v) is 12.5. The second-order valence-electron chi connectivity index (χ2n) is 10.5. The molecule has 41 heavy (non-hydrogen) atoms. The molecule has 1 unspecified atom stereocenters. The fourth-order valence-corrected chi connectivity index (χ4v) is 5.96. The number of carboxylic acids is 1. The molecule has 0 spiro atoms. The lowest BCUT2D eigenvalue weighted by Gasteiger charge is -2.31. The minimum atomic E-state index is -3.85. The van der Waals surface area contributed by atoms with Gasteiger partial charge in [-0.25, -0.2) is 8.42 Å². The van der Waals surface area contributed by atoms with E-state index < -0.39 is 27.5 Å². The van der Waals surface area contributed by atoms with Crippen molar-refractivity contribution in [3.05, 3.63) is 113 Å². The molecular formula is C31H36N4O5S. The van der Waals surface area contributed by atoms with Gasteiger partial charge in [0, 0.05) is 19.6 Å². The van der Waals surface area contributed by atoms with Crippen LogP contribution in [0.25, 0.3) is 0 Å². The summed E-state index contributed by atoms with van der Waals surface area (Å²) in [5.74, 6) is -1.01. The third-order valence-electron chi connectivity index (χ3n) is 7.12. The molecule has 1 atom stereocenters. The number of aromatic nitrogens is 3. The fourth-order valence-electron chi connectivity index (χ4n) is 4.53. The van der Waals surface area contributed by atoms with Crippen LogP contribution in [0.3, 0.4) is 0 Å². The van der Waals surface area contributed by atoms with Gasteiger partial charge < -0.3 is 9.84 Å². The van der Waals surface area contributed by atoms with Gasteiger partial charge in [-0.05, 0) is 62.1 Å². The van der Waals surface area contributed by atoms with Gasteiger partial charge in [-0.3, -0.25) is 9.48 Å². The Morgan fingerprint density at radius 1 is 1.02 bits per heavy atom. The summed E-state index contributed by atoms with van der Waals surface area (Å²) in [6.07, 6.45) is 0.931. The first-order valence-corrected chi connectivity index (χ1v) is 14.9. The molecule has 0 bridgehead atoms. The zero-order chi connectivity index (χ0) is 29.6. The van der Waals surface area contributed by atoms with Crippen molar-refractivity contribution in [3.8, 4) is 0 Å². The average molecular weight is 577 g/mol. The van der Waals surface area contributed by atoms with Gasteiger partial charge in [0.1, 0.15) is 5.69 Å². The number of carboxylic acid groups (broad SMARTS) is 1. The maximum absolute atomic E-state index is 13.8. The van der Waals surface area contributed by atoms with E-state index in [1.807, 2.05) is 62.4 Å². The number of benzene rings is 3. The Hall–Kier alpha value is -3.86. The van der Waals surface area contributed by atoms with Crippen molar-refractivity contribution in [2.45, 2.75) is 64.9 Å². The van der Waals surface area contributed by atoms with Crippen molar-refractivity contribution < 1.29 is 23.1 Å². The minimum absolute atomic E-state index is 0.0765. The van der Waals surface area contributed by atoms with E-state index >= 15 is 0 Å². The van der Waals surface area contributed by atoms with Crippen LogP contribution in [0.15, 0.2) is 90.0 Å². The zero-order valence-corrected chi connectivity index (χ0v) is 24.6. The molecule has 0 saturated carbocycles. The van der Waals surface area contributed by atoms with E-state index in [0.29, 0.717) is 17.8 Å². The molecule has 9 nitrogen and oxygen atoms in total. The summed E-state index contributed by atoms with van der Waals surface area (Å²) >= 11 is 0. The Morgan fingerprint density at radius 3 is 2.29 bits per heavy atom. The summed E-state index contributed by atoms with van der Waals surface area (Å²) in [4.78, 5) is 12.5. The van der Waals surface area contributed by atoms with E-state index in [1.54, 1.807) is 55.1 Å². The summed E-state index contributed by atoms with van der Waals surface area (Å²) in [6, 6.07) is 23.4. The van der Waals surface area contributed by atoms with Crippen molar-refractivity contribution in [2.75, 3.05) is 0 Å². The molecular weight excluding hydrogens is 540 g/mol. The van der Waals surface area contributed by atoms with Crippen LogP contribution in [0, 0.1) is 12.3 Å². The predicted molar refractivity (Wildman–Crippen MR) is 155 cm³/mol. The third-order valence-corrected chi connectivity index (χ3v) is 8.93. The minimum Gasteiger partial charge on any atom is -0.481 e. The number of ether oxygens (including phenoxy) is 1. The van der Waals surface area contributed by atoms with Gasteiger partial charge in [-0.2, -0.15) is 4.31 Å². The molecule has 1 aromatic heterocycles. The smallest absolute Gasteiger partial charge is 0.312 e. The Bertz CT molecular complexity index is 1570. The van der Waals surface area contributed by atoms with Gasteiger partial charge >= 0.3 is 5.97 Å². The number of aryl methyl sites for hydroxylation is 2. The molecule has 0 radical (unpaired) electrons. The summed E-state index contributed by atoms with van der Waals surface area (Å²) in [6.45, 7) is 8.09. The Kier molecular flexibility index (Phi) is 9.37. The Balaban J connectivity index is 1.70. The standard InChI is InChI=1S/C31H36N4O5S/c1-5-34-21-27(32-33-34)22-40-29(31(3,4)30(36)37)25-17-16-23(2)26(18-25)20-35(19-24-12-8-6-9-13-24)41(38,39)28-14-10-7-11-15-28/h6-18,21,29H,5,19-20,22H2,1-4H3,(H,36,37). The van der Waals surface area contributed by atoms with Crippen molar-refractivity contribution >= 4 is 16.0 Å². The number of hydrogen-bond acceptors (Lipinski definition) is 6. The fraction of sp³-hybridized carbons (Fsp3) is 0.323. The summed E-state index contributed by atoms with van der Waals surface area (Å²) < 4.78 is 37.0. The van der Waals surface area contributed by atoms with Crippen LogP contribution in [0.2, 0.25) is 0 Å². The maximum Gasteiger partial charge on any atom is 0.312 e. The molecule has 0 saturated heterocycles. The summed E-state index contributed by atoms with van der Waals surface area (Å²) in [5, 5.41) is 18.2. The first-order chi connectivity index (χ1) is 19.5. The molecule has 10 heteroatoms. The number of hydrogen-bond donors (Lipinski definition) is 1. The Morgan fingerprint density at radius 2 is 1.68 bits per heavy atom. The summed E-state index contributed by atoms with van der Waals surface area (Å²) in [7, 11) is -3.85. The van der Waals surface area contributed by atoms with Crippen LogP contribution in [-0.4, -0.2) is 38.8 Å². The van der Waals surface area contributed by atoms with E-state index in [2.05, 4.69) is 10.3 Å². The molecule has 4 rings (SSSR count). The highest BCUT2D eigenvalue weighted by Gasteiger charge is 2.39. The number of carbonyl (C=O) groups is 1. The monoisotopic (exact) mass is 576 g/mol. The molecule has 216 valence electrons. The quantitative estimate of drug-likeness (QED) is 0.228. The van der Waals surface area contributed by atoms with Crippen LogP contribution in [0.1, 0.15) is 54.8 Å². The topological polar surface area (TPSA) is 115 Å². The van der Waals surface area contributed by atoms with E-state index in [9.17, 15) is 18.3 Å². The van der Waals surface area contributed by atoms with Gasteiger partial charge in [0.2, 0.25) is 10.0 Å². The van der Waals surface area contributed by atoms with Gasteiger partial charge in [-0.1, -0.05) is 71.9 Å². The molecule has 4 aromatic rings. The van der Waals surface area contributed by atoms with Crippen molar-refractivity contribution in [1.82, 2.24) is 19.3 Å². The molecule has 0 aliphatic rings. The first-order valence-electron chi connectivity index (χ1n) is 13.4. The molecule has 0 amide bonds. The molecule has 0 aliphatic heterocycles. The van der Waals surface area contributed by atoms with Gasteiger partial charge in [0.05, 0.1) is 29.2 Å². The maximum atomic E-state index is 13.8. The van der Waals surface area contributed by atoms with Crippen LogP contribution >= 0.6 is 0 Å². The molecule has 1 heterocycles. The predicted octanol–water partition coefficient (Wildman–Crippen LogP) is 5.37. The van der Waals surface area contributed by atoms with Crippen LogP contribution in [0.4, 0.5) is 0 Å². The van der Waals surface area contributed by atoms with E-state index in [4.69, 9.17) is 4.74 Å². The normalized spacial score (nSPS) is 12.9. The first kappa shape index (κ1) is 30.1. The third kappa shape index (κ3) is 7.08. The lowest BCUT2D eigenvalue weighted by atomic mass is 9.81. The van der Waals surface area contributed by atoms with Gasteiger partial charge in [0.25, 0.3) is 0 Å². The molecule has 0 fully saturated rings. The number of nitrogens with zero attached hydrogens (tertiary/aromatic N) is 4. The highest BCUT2D eigenvalue weighted by molar-refractivity contribution is 7.89. The zero-order valence-electron chi connectivity index (χ0n) is 23.8. The SMILES string of the molecule is CCn1cc(COC(c2ccc(C)c(CN(Cc3ccccc3)S(=O)(=O)c3ccccc3)c2)C(C)(C)C(=O)O)nn1. The second kappa shape index (κ2) is 12.8.